The van der Waals surface area contributed by atoms with E-state index in [4.69, 9.17) is 14.2 Å². The Kier molecular flexibility index (Phi) is 6.23. The fourth-order valence-electron chi connectivity index (χ4n) is 4.41. The predicted octanol–water partition coefficient (Wildman–Crippen LogP) is 4.39. The molecule has 0 fully saturated rings. The number of hydrogen-bond acceptors (Lipinski definition) is 5. The summed E-state index contributed by atoms with van der Waals surface area (Å²) >= 11 is 0. The molecule has 0 unspecified atom stereocenters. The van der Waals surface area contributed by atoms with Gasteiger partial charge in [-0.3, -0.25) is 9.69 Å². The summed E-state index contributed by atoms with van der Waals surface area (Å²) in [5.41, 5.74) is 4.42. The molecule has 0 saturated carbocycles. The standard InChI is InChI=1S/C26H27NO4/c1-29-23-15-20-14-22(26(28)31-3)27(17-18-10-6-4-7-11-18)25(19-12-8-5-9-13-19)21(20)16-24(23)30-2/h4-13,15-16,22,25H,14,17H2,1-3H3/t22-,25+/m0/s1. The van der Waals surface area contributed by atoms with E-state index >= 15 is 0 Å². The zero-order chi connectivity index (χ0) is 21.8. The molecule has 0 aliphatic carbocycles. The first kappa shape index (κ1) is 20.9. The van der Waals surface area contributed by atoms with Gasteiger partial charge in [0.25, 0.3) is 0 Å². The van der Waals surface area contributed by atoms with Crippen LogP contribution in [0, 0.1) is 0 Å². The van der Waals surface area contributed by atoms with Crippen LogP contribution in [0.4, 0.5) is 0 Å². The van der Waals surface area contributed by atoms with Gasteiger partial charge in [-0.15, -0.1) is 0 Å². The second kappa shape index (κ2) is 9.23. The van der Waals surface area contributed by atoms with Crippen molar-refractivity contribution in [1.29, 1.82) is 0 Å². The number of benzene rings is 3. The molecule has 0 radical (unpaired) electrons. The van der Waals surface area contributed by atoms with E-state index in [9.17, 15) is 4.79 Å². The monoisotopic (exact) mass is 417 g/mol. The van der Waals surface area contributed by atoms with Crippen molar-refractivity contribution in [2.75, 3.05) is 21.3 Å². The molecular weight excluding hydrogens is 390 g/mol. The second-order valence-corrected chi connectivity index (χ2v) is 7.62. The molecule has 3 aromatic rings. The molecule has 0 amide bonds. The predicted molar refractivity (Wildman–Crippen MR) is 119 cm³/mol. The maximum Gasteiger partial charge on any atom is 0.323 e. The van der Waals surface area contributed by atoms with Crippen molar-refractivity contribution >= 4 is 5.97 Å². The number of ether oxygens (including phenoxy) is 3. The summed E-state index contributed by atoms with van der Waals surface area (Å²) in [5.74, 6) is 1.10. The summed E-state index contributed by atoms with van der Waals surface area (Å²) in [7, 11) is 4.72. The average Bonchev–Trinajstić information content (AvgIpc) is 2.83. The highest BCUT2D eigenvalue weighted by Gasteiger charge is 2.40. The Hall–Kier alpha value is -3.31. The van der Waals surface area contributed by atoms with E-state index in [1.54, 1.807) is 14.2 Å². The van der Waals surface area contributed by atoms with Crippen LogP contribution in [0.5, 0.6) is 11.5 Å². The Bertz CT molecular complexity index is 1040. The van der Waals surface area contributed by atoms with Gasteiger partial charge in [0.05, 0.1) is 27.4 Å². The maximum atomic E-state index is 12.9. The highest BCUT2D eigenvalue weighted by Crippen LogP contribution is 2.43. The highest BCUT2D eigenvalue weighted by molar-refractivity contribution is 5.77. The number of fused-ring (bicyclic) bond motifs is 1. The quantitative estimate of drug-likeness (QED) is 0.557. The summed E-state index contributed by atoms with van der Waals surface area (Å²) in [6.45, 7) is 0.619. The molecule has 1 heterocycles. The summed E-state index contributed by atoms with van der Waals surface area (Å²) in [4.78, 5) is 15.1. The molecule has 160 valence electrons. The number of rotatable bonds is 6. The largest absolute Gasteiger partial charge is 0.493 e. The topological polar surface area (TPSA) is 48.0 Å². The minimum absolute atomic E-state index is 0.130. The molecular formula is C26H27NO4. The van der Waals surface area contributed by atoms with Gasteiger partial charge in [0.15, 0.2) is 11.5 Å². The van der Waals surface area contributed by atoms with Crippen LogP contribution >= 0.6 is 0 Å². The number of methoxy groups -OCH3 is 3. The number of carbonyl (C=O) groups excluding carboxylic acids is 1. The van der Waals surface area contributed by atoms with Crippen LogP contribution in [0.2, 0.25) is 0 Å². The molecule has 5 heteroatoms. The van der Waals surface area contributed by atoms with Crippen molar-refractivity contribution in [3.05, 3.63) is 95.1 Å². The van der Waals surface area contributed by atoms with Crippen LogP contribution in [-0.2, 0) is 22.5 Å². The first-order chi connectivity index (χ1) is 15.2. The van der Waals surface area contributed by atoms with E-state index in [0.717, 1.165) is 22.3 Å². The van der Waals surface area contributed by atoms with Crippen molar-refractivity contribution in [3.8, 4) is 11.5 Å². The van der Waals surface area contributed by atoms with Gasteiger partial charge in [-0.1, -0.05) is 60.7 Å². The zero-order valence-electron chi connectivity index (χ0n) is 18.1. The third kappa shape index (κ3) is 4.14. The SMILES string of the molecule is COC(=O)[C@@H]1Cc2cc(OC)c(OC)cc2[C@@H](c2ccccc2)N1Cc1ccccc1. The lowest BCUT2D eigenvalue weighted by Gasteiger charge is -2.42. The Morgan fingerprint density at radius 3 is 2.13 bits per heavy atom. The third-order valence-corrected chi connectivity index (χ3v) is 5.88. The van der Waals surface area contributed by atoms with Crippen molar-refractivity contribution in [1.82, 2.24) is 4.90 Å². The zero-order valence-corrected chi connectivity index (χ0v) is 18.1. The second-order valence-electron chi connectivity index (χ2n) is 7.62. The fraction of sp³-hybridized carbons (Fsp3) is 0.269. The van der Waals surface area contributed by atoms with E-state index in [2.05, 4.69) is 29.2 Å². The Morgan fingerprint density at radius 2 is 1.52 bits per heavy atom. The van der Waals surface area contributed by atoms with Crippen LogP contribution in [0.25, 0.3) is 0 Å². The first-order valence-corrected chi connectivity index (χ1v) is 10.3. The molecule has 0 N–H and O–H groups in total. The molecule has 1 aliphatic heterocycles. The molecule has 0 saturated heterocycles. The Balaban J connectivity index is 1.90. The highest BCUT2D eigenvalue weighted by atomic mass is 16.5. The average molecular weight is 418 g/mol. The summed E-state index contributed by atoms with van der Waals surface area (Å²) < 4.78 is 16.4. The van der Waals surface area contributed by atoms with Crippen LogP contribution in [0.1, 0.15) is 28.3 Å². The number of hydrogen-bond donors (Lipinski definition) is 0. The summed E-state index contributed by atoms with van der Waals surface area (Å²) in [5, 5.41) is 0. The molecule has 0 aromatic heterocycles. The third-order valence-electron chi connectivity index (χ3n) is 5.88. The first-order valence-electron chi connectivity index (χ1n) is 10.3. The molecule has 3 aromatic carbocycles. The summed E-state index contributed by atoms with van der Waals surface area (Å²) in [6.07, 6.45) is 0.540. The van der Waals surface area contributed by atoms with Gasteiger partial charge < -0.3 is 14.2 Å². The number of esters is 1. The van der Waals surface area contributed by atoms with E-state index in [-0.39, 0.29) is 12.0 Å². The van der Waals surface area contributed by atoms with Gasteiger partial charge in [0, 0.05) is 6.54 Å². The van der Waals surface area contributed by atoms with Crippen molar-refractivity contribution in [3.63, 3.8) is 0 Å². The lowest BCUT2D eigenvalue weighted by molar-refractivity contribution is -0.148. The molecule has 1 aliphatic rings. The van der Waals surface area contributed by atoms with E-state index in [1.807, 2.05) is 48.5 Å². The molecule has 0 spiro atoms. The van der Waals surface area contributed by atoms with Gasteiger partial charge in [0.1, 0.15) is 6.04 Å². The maximum absolute atomic E-state index is 12.9. The van der Waals surface area contributed by atoms with Crippen molar-refractivity contribution in [2.45, 2.75) is 25.0 Å². The lowest BCUT2D eigenvalue weighted by Crippen LogP contribution is -2.48. The number of carbonyl (C=O) groups is 1. The molecule has 2 atom stereocenters. The van der Waals surface area contributed by atoms with Crippen LogP contribution in [-0.4, -0.2) is 38.2 Å². The smallest absolute Gasteiger partial charge is 0.323 e. The van der Waals surface area contributed by atoms with Crippen LogP contribution in [0.3, 0.4) is 0 Å². The van der Waals surface area contributed by atoms with E-state index in [0.29, 0.717) is 24.5 Å². The number of nitrogens with zero attached hydrogens (tertiary/aromatic N) is 1. The summed E-state index contributed by atoms with van der Waals surface area (Å²) in [6, 6.07) is 23.9. The van der Waals surface area contributed by atoms with Gasteiger partial charge in [0.2, 0.25) is 0 Å². The molecule has 4 rings (SSSR count). The van der Waals surface area contributed by atoms with E-state index < -0.39 is 6.04 Å². The fourth-order valence-corrected chi connectivity index (χ4v) is 4.41. The van der Waals surface area contributed by atoms with Gasteiger partial charge in [-0.25, -0.2) is 0 Å². The molecule has 5 nitrogen and oxygen atoms in total. The van der Waals surface area contributed by atoms with Gasteiger partial charge >= 0.3 is 5.97 Å². The van der Waals surface area contributed by atoms with Crippen molar-refractivity contribution in [2.24, 2.45) is 0 Å². The Labute approximate surface area is 183 Å². The minimum Gasteiger partial charge on any atom is -0.493 e. The minimum atomic E-state index is -0.416. The van der Waals surface area contributed by atoms with E-state index in [1.165, 1.54) is 7.11 Å². The normalized spacial score (nSPS) is 18.2. The van der Waals surface area contributed by atoms with Gasteiger partial charge in [-0.2, -0.15) is 0 Å². The van der Waals surface area contributed by atoms with Crippen LogP contribution in [0.15, 0.2) is 72.8 Å². The Morgan fingerprint density at radius 1 is 0.903 bits per heavy atom. The van der Waals surface area contributed by atoms with Crippen LogP contribution < -0.4 is 9.47 Å². The molecule has 0 bridgehead atoms. The lowest BCUT2D eigenvalue weighted by atomic mass is 9.83. The van der Waals surface area contributed by atoms with Crippen molar-refractivity contribution < 1.29 is 19.0 Å². The molecule has 31 heavy (non-hydrogen) atoms. The van der Waals surface area contributed by atoms with Gasteiger partial charge in [-0.05, 0) is 40.8 Å².